The molecule has 1 heterocycles. The third-order valence-electron chi connectivity index (χ3n) is 4.39. The monoisotopic (exact) mass is 338 g/mol. The maximum atomic E-state index is 12.5. The van der Waals surface area contributed by atoms with Crippen LogP contribution in [0, 0.1) is 0 Å². The number of benzene rings is 2. The van der Waals surface area contributed by atoms with Crippen LogP contribution in [0.5, 0.6) is 5.75 Å². The van der Waals surface area contributed by atoms with Crippen molar-refractivity contribution in [3.05, 3.63) is 59.7 Å². The lowest BCUT2D eigenvalue weighted by Gasteiger charge is -2.29. The quantitative estimate of drug-likeness (QED) is 0.869. The van der Waals surface area contributed by atoms with Crippen LogP contribution in [0.2, 0.25) is 0 Å². The Labute approximate surface area is 149 Å². The average molecular weight is 338 g/mol. The van der Waals surface area contributed by atoms with Crippen LogP contribution in [0.15, 0.2) is 48.5 Å². The van der Waals surface area contributed by atoms with Gasteiger partial charge >= 0.3 is 0 Å². The van der Waals surface area contributed by atoms with Crippen molar-refractivity contribution in [2.45, 2.75) is 39.3 Å². The van der Waals surface area contributed by atoms with E-state index >= 15 is 0 Å². The molecular formula is C21H26N2O2. The van der Waals surface area contributed by atoms with Gasteiger partial charge in [0.25, 0.3) is 0 Å². The maximum Gasteiger partial charge on any atom is 0.224 e. The minimum absolute atomic E-state index is 0.123. The summed E-state index contributed by atoms with van der Waals surface area (Å²) in [6.45, 7) is 6.16. The van der Waals surface area contributed by atoms with Crippen molar-refractivity contribution >= 4 is 11.6 Å². The van der Waals surface area contributed by atoms with E-state index in [0.29, 0.717) is 13.0 Å². The average Bonchev–Trinajstić information content (AvgIpc) is 2.62. The first-order chi connectivity index (χ1) is 12.1. The van der Waals surface area contributed by atoms with Crippen molar-refractivity contribution in [3.8, 4) is 5.75 Å². The smallest absolute Gasteiger partial charge is 0.224 e. The fraction of sp³-hybridized carbons (Fsp3) is 0.381. The second-order valence-electron chi connectivity index (χ2n) is 6.67. The second kappa shape index (κ2) is 8.06. The van der Waals surface area contributed by atoms with Crippen molar-refractivity contribution in [2.24, 2.45) is 0 Å². The Bertz CT molecular complexity index is 727. The molecule has 132 valence electrons. The molecule has 0 fully saturated rings. The Kier molecular flexibility index (Phi) is 5.59. The molecule has 0 aliphatic carbocycles. The molecule has 0 atom stereocenters. The summed E-state index contributed by atoms with van der Waals surface area (Å²) >= 11 is 0. The minimum Gasteiger partial charge on any atom is -0.489 e. The van der Waals surface area contributed by atoms with Crippen LogP contribution in [0.25, 0.3) is 0 Å². The summed E-state index contributed by atoms with van der Waals surface area (Å²) in [6.07, 6.45) is 1.55. The number of ether oxygens (including phenoxy) is 1. The fourth-order valence-electron chi connectivity index (χ4n) is 3.14. The van der Waals surface area contributed by atoms with Crippen LogP contribution >= 0.6 is 0 Å². The maximum absolute atomic E-state index is 12.5. The zero-order valence-electron chi connectivity index (χ0n) is 15.0. The van der Waals surface area contributed by atoms with Crippen molar-refractivity contribution in [2.75, 3.05) is 18.4 Å². The summed E-state index contributed by atoms with van der Waals surface area (Å²) in [7, 11) is 0. The second-order valence-corrected chi connectivity index (χ2v) is 6.67. The van der Waals surface area contributed by atoms with E-state index in [1.165, 1.54) is 11.1 Å². The molecule has 0 bridgehead atoms. The molecule has 0 saturated carbocycles. The van der Waals surface area contributed by atoms with Gasteiger partial charge in [-0.05, 0) is 43.5 Å². The van der Waals surface area contributed by atoms with Gasteiger partial charge in [-0.2, -0.15) is 0 Å². The number of hydrogen-bond donors (Lipinski definition) is 1. The number of fused-ring (bicyclic) bond motifs is 1. The third-order valence-corrected chi connectivity index (χ3v) is 4.39. The van der Waals surface area contributed by atoms with Gasteiger partial charge in [0.1, 0.15) is 5.75 Å². The number of nitrogens with one attached hydrogen (secondary N) is 1. The zero-order valence-corrected chi connectivity index (χ0v) is 15.0. The molecule has 0 aromatic heterocycles. The summed E-state index contributed by atoms with van der Waals surface area (Å²) in [6, 6.07) is 16.2. The van der Waals surface area contributed by atoms with E-state index in [9.17, 15) is 4.79 Å². The van der Waals surface area contributed by atoms with Crippen LogP contribution in [0.1, 0.15) is 31.4 Å². The molecule has 2 aromatic rings. The molecule has 4 nitrogen and oxygen atoms in total. The Balaban J connectivity index is 1.52. The molecule has 1 amide bonds. The van der Waals surface area contributed by atoms with Crippen LogP contribution in [0.4, 0.5) is 5.69 Å². The number of nitrogens with zero attached hydrogens (tertiary/aromatic N) is 1. The van der Waals surface area contributed by atoms with E-state index in [-0.39, 0.29) is 12.0 Å². The predicted octanol–water partition coefficient (Wildman–Crippen LogP) is 3.86. The van der Waals surface area contributed by atoms with Crippen LogP contribution in [0.3, 0.4) is 0 Å². The van der Waals surface area contributed by atoms with E-state index in [4.69, 9.17) is 4.74 Å². The van der Waals surface area contributed by atoms with Gasteiger partial charge in [0.15, 0.2) is 0 Å². The lowest BCUT2D eigenvalue weighted by atomic mass is 10.00. The summed E-state index contributed by atoms with van der Waals surface area (Å²) in [5.74, 6) is 1.03. The lowest BCUT2D eigenvalue weighted by Crippen LogP contribution is -2.36. The number of amides is 1. The van der Waals surface area contributed by atoms with Gasteiger partial charge in [0, 0.05) is 26.1 Å². The molecule has 4 heteroatoms. The molecule has 3 rings (SSSR count). The highest BCUT2D eigenvalue weighted by atomic mass is 16.5. The highest BCUT2D eigenvalue weighted by Gasteiger charge is 2.19. The minimum atomic E-state index is 0.123. The van der Waals surface area contributed by atoms with Crippen molar-refractivity contribution in [1.29, 1.82) is 0 Å². The molecular weight excluding hydrogens is 312 g/mol. The highest BCUT2D eigenvalue weighted by Crippen LogP contribution is 2.25. The van der Waals surface area contributed by atoms with Crippen LogP contribution < -0.4 is 10.1 Å². The molecule has 0 saturated heterocycles. The van der Waals surface area contributed by atoms with E-state index in [0.717, 1.165) is 30.9 Å². The lowest BCUT2D eigenvalue weighted by molar-refractivity contribution is -0.131. The number of carbonyl (C=O) groups excluding carboxylic acids is 1. The third kappa shape index (κ3) is 4.53. The van der Waals surface area contributed by atoms with Gasteiger partial charge in [-0.15, -0.1) is 0 Å². The molecule has 25 heavy (non-hydrogen) atoms. The Morgan fingerprint density at radius 1 is 1.12 bits per heavy atom. The predicted molar refractivity (Wildman–Crippen MR) is 101 cm³/mol. The molecule has 2 aromatic carbocycles. The summed E-state index contributed by atoms with van der Waals surface area (Å²) < 4.78 is 5.80. The van der Waals surface area contributed by atoms with E-state index < -0.39 is 0 Å². The first kappa shape index (κ1) is 17.3. The van der Waals surface area contributed by atoms with E-state index in [1.807, 2.05) is 49.1 Å². The highest BCUT2D eigenvalue weighted by molar-refractivity contribution is 5.77. The summed E-state index contributed by atoms with van der Waals surface area (Å²) in [5, 5.41) is 3.34. The van der Waals surface area contributed by atoms with Gasteiger partial charge in [-0.3, -0.25) is 4.79 Å². The molecule has 1 aliphatic rings. The number of carbonyl (C=O) groups is 1. The van der Waals surface area contributed by atoms with Gasteiger partial charge < -0.3 is 15.0 Å². The number of anilines is 1. The first-order valence-corrected chi connectivity index (χ1v) is 8.97. The fourth-order valence-corrected chi connectivity index (χ4v) is 3.14. The van der Waals surface area contributed by atoms with Crippen molar-refractivity contribution < 1.29 is 9.53 Å². The van der Waals surface area contributed by atoms with Gasteiger partial charge in [-0.25, -0.2) is 0 Å². The summed E-state index contributed by atoms with van der Waals surface area (Å²) in [4.78, 5) is 14.5. The van der Waals surface area contributed by atoms with E-state index in [2.05, 4.69) is 23.5 Å². The normalized spacial score (nSPS) is 13.5. The SMILES string of the molecule is CC(C)Oc1ccccc1NCCC(=O)N1CCc2ccccc2C1. The molecule has 0 unspecified atom stereocenters. The largest absolute Gasteiger partial charge is 0.489 e. The van der Waals surface area contributed by atoms with Gasteiger partial charge in [0.05, 0.1) is 11.8 Å². The van der Waals surface area contributed by atoms with Crippen molar-refractivity contribution in [3.63, 3.8) is 0 Å². The molecule has 0 radical (unpaired) electrons. The van der Waals surface area contributed by atoms with E-state index in [1.54, 1.807) is 0 Å². The van der Waals surface area contributed by atoms with Gasteiger partial charge in [0.2, 0.25) is 5.91 Å². The standard InChI is InChI=1S/C21H26N2O2/c1-16(2)25-20-10-6-5-9-19(20)22-13-11-21(24)23-14-12-17-7-3-4-8-18(17)15-23/h3-10,16,22H,11-15H2,1-2H3. The molecule has 1 aliphatic heterocycles. The Morgan fingerprint density at radius 2 is 1.84 bits per heavy atom. The number of para-hydroxylation sites is 2. The Hall–Kier alpha value is -2.49. The first-order valence-electron chi connectivity index (χ1n) is 8.97. The molecule has 1 N–H and O–H groups in total. The van der Waals surface area contributed by atoms with Gasteiger partial charge in [-0.1, -0.05) is 36.4 Å². The van der Waals surface area contributed by atoms with Crippen LogP contribution in [-0.2, 0) is 17.8 Å². The van der Waals surface area contributed by atoms with Crippen LogP contribution in [-0.4, -0.2) is 30.0 Å². The Morgan fingerprint density at radius 3 is 2.64 bits per heavy atom. The molecule has 0 spiro atoms. The summed E-state index contributed by atoms with van der Waals surface area (Å²) in [5.41, 5.74) is 3.57. The number of hydrogen-bond acceptors (Lipinski definition) is 3. The topological polar surface area (TPSA) is 41.6 Å². The zero-order chi connectivity index (χ0) is 17.6. The van der Waals surface area contributed by atoms with Crippen molar-refractivity contribution in [1.82, 2.24) is 4.90 Å². The number of rotatable bonds is 6.